The van der Waals surface area contributed by atoms with Gasteiger partial charge in [0.15, 0.2) is 0 Å². The number of nitrogens with two attached hydrogens (primary N) is 1. The molecular formula is C53H64N10O10. The number of alkyl carbamates (subject to hydrolysis) is 1. The van der Waals surface area contributed by atoms with Crippen LogP contribution in [0.1, 0.15) is 79.4 Å². The smallest absolute Gasteiger partial charge is 0.415 e. The maximum Gasteiger partial charge on any atom is 0.415 e. The molecule has 1 aliphatic rings. The normalized spacial score (nSPS) is 20.3. The number of aromatic hydroxyl groups is 1. The van der Waals surface area contributed by atoms with Gasteiger partial charge in [0.1, 0.15) is 42.0 Å². The minimum absolute atomic E-state index is 0.00977. The third-order valence-electron chi connectivity index (χ3n) is 12.4. The number of aromatic amines is 1. The number of para-hydroxylation sites is 1. The molecule has 5 aromatic rings. The minimum Gasteiger partial charge on any atom is -0.508 e. The summed E-state index contributed by atoms with van der Waals surface area (Å²) in [6.07, 6.45) is 4.87. The van der Waals surface area contributed by atoms with Crippen molar-refractivity contribution in [1.29, 1.82) is 0 Å². The Morgan fingerprint density at radius 3 is 1.75 bits per heavy atom. The summed E-state index contributed by atoms with van der Waals surface area (Å²) in [5.41, 5.74) is 8.63. The zero-order valence-electron chi connectivity index (χ0n) is 40.9. The van der Waals surface area contributed by atoms with E-state index in [4.69, 9.17) is 10.5 Å². The van der Waals surface area contributed by atoms with Crippen molar-refractivity contribution < 1.29 is 48.2 Å². The summed E-state index contributed by atoms with van der Waals surface area (Å²) in [5.74, 6) is -5.78. The highest BCUT2D eigenvalue weighted by Crippen LogP contribution is 2.20. The Morgan fingerprint density at radius 2 is 1.14 bits per heavy atom. The van der Waals surface area contributed by atoms with E-state index in [1.54, 1.807) is 62.5 Å². The van der Waals surface area contributed by atoms with Crippen LogP contribution in [0.2, 0.25) is 0 Å². The number of rotatable bonds is 17. The summed E-state index contributed by atoms with van der Waals surface area (Å²) in [6.45, 7) is 3.76. The SMILES string of the molecule is CC(C)[C@@H]1NC(=O)[C@H](CCCCN)NC(=O)[C@@H](Cc2c[nH]c3ccccc23)NC(=O)[C@H](Cc2ccc(O)cc2)NC(=O)[C@H](Cc2ccccc2)NC(=O)[C@H](CCCCNC(=O)OC(=O)c2ccncc2)NC1=O. The van der Waals surface area contributed by atoms with Crippen LogP contribution in [-0.2, 0) is 52.8 Å². The van der Waals surface area contributed by atoms with Gasteiger partial charge in [0.25, 0.3) is 0 Å². The van der Waals surface area contributed by atoms with Crippen LogP contribution in [0.5, 0.6) is 5.75 Å². The molecule has 2 aromatic heterocycles. The minimum atomic E-state index is -1.35. The molecule has 1 fully saturated rings. The average Bonchev–Trinajstić information content (AvgIpc) is 3.79. The summed E-state index contributed by atoms with van der Waals surface area (Å²) in [7, 11) is 0. The zero-order chi connectivity index (χ0) is 52.3. The van der Waals surface area contributed by atoms with E-state index in [9.17, 15) is 43.5 Å². The lowest BCUT2D eigenvalue weighted by atomic mass is 9.98. The molecule has 11 N–H and O–H groups in total. The van der Waals surface area contributed by atoms with Gasteiger partial charge >= 0.3 is 12.1 Å². The van der Waals surface area contributed by atoms with E-state index in [0.29, 0.717) is 36.1 Å². The molecule has 0 aliphatic carbocycles. The lowest BCUT2D eigenvalue weighted by molar-refractivity contribution is -0.137. The molecule has 0 unspecified atom stereocenters. The highest BCUT2D eigenvalue weighted by Gasteiger charge is 2.36. The first-order chi connectivity index (χ1) is 35.2. The molecule has 0 spiro atoms. The number of phenols is 1. The van der Waals surface area contributed by atoms with Crippen LogP contribution in [0, 0.1) is 5.92 Å². The van der Waals surface area contributed by atoms with Gasteiger partial charge in [0.2, 0.25) is 35.4 Å². The highest BCUT2D eigenvalue weighted by molar-refractivity contribution is 5.99. The molecule has 1 aliphatic heterocycles. The zero-order valence-corrected chi connectivity index (χ0v) is 40.9. The number of amides is 7. The van der Waals surface area contributed by atoms with E-state index in [1.807, 2.05) is 24.3 Å². The summed E-state index contributed by atoms with van der Waals surface area (Å²) in [6, 6.07) is 17.4. The van der Waals surface area contributed by atoms with Crippen LogP contribution < -0.4 is 43.0 Å². The van der Waals surface area contributed by atoms with Crippen molar-refractivity contribution in [2.24, 2.45) is 11.7 Å². The second-order valence-corrected chi connectivity index (χ2v) is 18.3. The van der Waals surface area contributed by atoms with Gasteiger partial charge in [-0.05, 0) is 98.0 Å². The number of benzene rings is 3. The van der Waals surface area contributed by atoms with Crippen LogP contribution in [0.3, 0.4) is 0 Å². The molecule has 6 atom stereocenters. The largest absolute Gasteiger partial charge is 0.508 e. The molecule has 6 rings (SSSR count). The third-order valence-corrected chi connectivity index (χ3v) is 12.4. The summed E-state index contributed by atoms with van der Waals surface area (Å²) >= 11 is 0. The van der Waals surface area contributed by atoms with Gasteiger partial charge in [-0.3, -0.25) is 33.8 Å². The molecule has 20 nitrogen and oxygen atoms in total. The van der Waals surface area contributed by atoms with E-state index in [1.165, 1.54) is 36.7 Å². The molecule has 20 heteroatoms. The second-order valence-electron chi connectivity index (χ2n) is 18.3. The van der Waals surface area contributed by atoms with Crippen molar-refractivity contribution in [1.82, 2.24) is 47.2 Å². The standard InChI is InChI=1S/C53H64N10O10/c1-32(2)45-51(70)59-40(17-9-11-25-56-53(72)73-52(71)35-22-26-55-27-23-35)46(65)60-42(28-33-12-4-3-5-13-33)48(67)61-43(29-34-18-20-37(64)21-19-34)49(68)62-44(30-36-31-57-39-15-7-6-14-38(36)39)50(69)58-41(47(66)63-45)16-8-10-24-54/h3-7,12-15,18-23,26-27,31-32,40-45,57,64H,8-11,16-17,24-25,28-30,54H2,1-2H3,(H,56,72)(H,58,69)(H,59,70)(H,60,65)(H,61,67)(H,62,68)(H,63,66)/t40-,41-,42-,43-,44+,45-/m0/s1. The van der Waals surface area contributed by atoms with Crippen molar-refractivity contribution in [2.45, 2.75) is 108 Å². The third kappa shape index (κ3) is 16.2. The van der Waals surface area contributed by atoms with Gasteiger partial charge in [-0.1, -0.05) is 74.5 Å². The topological polar surface area (TPSA) is 305 Å². The van der Waals surface area contributed by atoms with E-state index in [0.717, 1.165) is 10.9 Å². The molecule has 73 heavy (non-hydrogen) atoms. The van der Waals surface area contributed by atoms with Crippen molar-refractivity contribution in [2.75, 3.05) is 13.1 Å². The van der Waals surface area contributed by atoms with Crippen LogP contribution in [-0.4, -0.2) is 112 Å². The fraction of sp³-hybridized carbons (Fsp3) is 0.377. The summed E-state index contributed by atoms with van der Waals surface area (Å²) in [5, 5.41) is 30.3. The molecule has 0 bridgehead atoms. The van der Waals surface area contributed by atoms with Crippen LogP contribution in [0.25, 0.3) is 10.9 Å². The Hall–Kier alpha value is -8.13. The van der Waals surface area contributed by atoms with Crippen LogP contribution >= 0.6 is 0 Å². The first-order valence-corrected chi connectivity index (χ1v) is 24.5. The second kappa shape index (κ2) is 26.9. The Morgan fingerprint density at radius 1 is 0.616 bits per heavy atom. The molecule has 7 amide bonds. The number of hydrogen-bond acceptors (Lipinski definition) is 12. The fourth-order valence-corrected chi connectivity index (χ4v) is 8.37. The number of esters is 1. The van der Waals surface area contributed by atoms with Gasteiger partial charge in [0.05, 0.1) is 5.56 Å². The van der Waals surface area contributed by atoms with Crippen molar-refractivity contribution in [3.63, 3.8) is 0 Å². The molecule has 386 valence electrons. The molecule has 1 saturated heterocycles. The summed E-state index contributed by atoms with van der Waals surface area (Å²) < 4.78 is 4.86. The van der Waals surface area contributed by atoms with E-state index in [-0.39, 0.29) is 62.8 Å². The predicted molar refractivity (Wildman–Crippen MR) is 270 cm³/mol. The first-order valence-electron chi connectivity index (χ1n) is 24.5. The Bertz CT molecular complexity index is 2680. The average molecular weight is 1000 g/mol. The van der Waals surface area contributed by atoms with Crippen molar-refractivity contribution >= 4 is 58.4 Å². The van der Waals surface area contributed by atoms with E-state index < -0.39 is 89.7 Å². The number of fused-ring (bicyclic) bond motifs is 1. The van der Waals surface area contributed by atoms with Gasteiger partial charge in [-0.25, -0.2) is 9.59 Å². The lowest BCUT2D eigenvalue weighted by Gasteiger charge is -2.30. The number of phenolic OH excluding ortho intramolecular Hbond substituents is 1. The van der Waals surface area contributed by atoms with Gasteiger partial charge in [-0.2, -0.15) is 0 Å². The lowest BCUT2D eigenvalue weighted by Crippen LogP contribution is -2.62. The van der Waals surface area contributed by atoms with Gasteiger partial charge in [0, 0.05) is 55.3 Å². The number of H-pyrrole nitrogens is 1. The van der Waals surface area contributed by atoms with Crippen molar-refractivity contribution in [3.8, 4) is 5.75 Å². The van der Waals surface area contributed by atoms with E-state index in [2.05, 4.69) is 47.2 Å². The Kier molecular flexibility index (Phi) is 20.0. The number of aromatic nitrogens is 2. The number of unbranched alkanes of at least 4 members (excludes halogenated alkanes) is 2. The number of carbonyl (C=O) groups excluding carboxylic acids is 8. The summed E-state index contributed by atoms with van der Waals surface area (Å²) in [4.78, 5) is 119. The molecule has 0 radical (unpaired) electrons. The molecule has 0 saturated carbocycles. The molecule has 3 heterocycles. The fourth-order valence-electron chi connectivity index (χ4n) is 8.37. The molecule has 3 aromatic carbocycles. The monoisotopic (exact) mass is 1000 g/mol. The number of ether oxygens (including phenoxy) is 1. The number of carbonyl (C=O) groups is 8. The van der Waals surface area contributed by atoms with Gasteiger partial charge < -0.3 is 57.8 Å². The predicted octanol–water partition coefficient (Wildman–Crippen LogP) is 2.74. The Balaban J connectivity index is 1.33. The number of pyridine rings is 1. The van der Waals surface area contributed by atoms with E-state index >= 15 is 0 Å². The molecular weight excluding hydrogens is 937 g/mol. The maximum atomic E-state index is 14.8. The number of nitrogens with one attached hydrogen (secondary N) is 8. The Labute approximate surface area is 422 Å². The number of hydrogen-bond donors (Lipinski definition) is 10. The van der Waals surface area contributed by atoms with Crippen molar-refractivity contribution in [3.05, 3.63) is 132 Å². The van der Waals surface area contributed by atoms with Crippen LogP contribution in [0.15, 0.2) is 110 Å². The van der Waals surface area contributed by atoms with Gasteiger partial charge in [-0.15, -0.1) is 0 Å². The highest BCUT2D eigenvalue weighted by atomic mass is 16.6. The quantitative estimate of drug-likeness (QED) is 0.0366. The maximum absolute atomic E-state index is 14.8. The first kappa shape index (κ1) is 54.2. The van der Waals surface area contributed by atoms with Crippen LogP contribution in [0.4, 0.5) is 4.79 Å². The number of nitrogens with zero attached hydrogens (tertiary/aromatic N) is 1.